The Bertz CT molecular complexity index is 283. The van der Waals surface area contributed by atoms with Crippen LogP contribution in [0.3, 0.4) is 0 Å². The van der Waals surface area contributed by atoms with E-state index in [2.05, 4.69) is 17.6 Å². The summed E-state index contributed by atoms with van der Waals surface area (Å²) in [5, 5.41) is 15.5. The number of aliphatic hydroxyl groups excluding tert-OH is 1. The van der Waals surface area contributed by atoms with E-state index in [1.807, 2.05) is 0 Å². The van der Waals surface area contributed by atoms with Crippen LogP contribution >= 0.6 is 0 Å². The van der Waals surface area contributed by atoms with E-state index in [9.17, 15) is 9.90 Å². The number of amides is 2. The summed E-state index contributed by atoms with van der Waals surface area (Å²) in [4.78, 5) is 12.0. The first-order valence-corrected chi connectivity index (χ1v) is 7.38. The number of urea groups is 1. The van der Waals surface area contributed by atoms with Crippen LogP contribution in [-0.4, -0.2) is 29.8 Å². The first kappa shape index (κ1) is 13.7. The maximum absolute atomic E-state index is 12.0. The minimum Gasteiger partial charge on any atom is -0.396 e. The van der Waals surface area contributed by atoms with Crippen molar-refractivity contribution in [3.05, 3.63) is 0 Å². The Hall–Kier alpha value is -0.770. The SMILES string of the molecule is CC1CCCC1NC(=O)NC1CCCCC1CO. The number of aliphatic hydroxyl groups is 1. The highest BCUT2D eigenvalue weighted by Gasteiger charge is 2.28. The molecule has 0 bridgehead atoms. The molecule has 2 aliphatic carbocycles. The molecule has 2 saturated carbocycles. The van der Waals surface area contributed by atoms with E-state index < -0.39 is 0 Å². The van der Waals surface area contributed by atoms with Gasteiger partial charge in [-0.1, -0.05) is 26.2 Å². The van der Waals surface area contributed by atoms with Crippen LogP contribution in [0, 0.1) is 11.8 Å². The summed E-state index contributed by atoms with van der Waals surface area (Å²) >= 11 is 0. The lowest BCUT2D eigenvalue weighted by Gasteiger charge is -2.31. The van der Waals surface area contributed by atoms with E-state index in [1.165, 1.54) is 19.3 Å². The van der Waals surface area contributed by atoms with Gasteiger partial charge in [-0.25, -0.2) is 4.79 Å². The molecule has 4 heteroatoms. The quantitative estimate of drug-likeness (QED) is 0.721. The van der Waals surface area contributed by atoms with Crippen LogP contribution in [-0.2, 0) is 0 Å². The van der Waals surface area contributed by atoms with Gasteiger partial charge in [0.05, 0.1) is 0 Å². The molecule has 0 radical (unpaired) electrons. The molecule has 2 rings (SSSR count). The topological polar surface area (TPSA) is 61.4 Å². The molecule has 0 aromatic carbocycles. The zero-order valence-corrected chi connectivity index (χ0v) is 11.3. The van der Waals surface area contributed by atoms with Gasteiger partial charge in [0.25, 0.3) is 0 Å². The number of carbonyl (C=O) groups is 1. The standard InChI is InChI=1S/C14H26N2O2/c1-10-5-4-8-12(10)15-14(18)16-13-7-3-2-6-11(13)9-17/h10-13,17H,2-9H2,1H3,(H2,15,16,18). The van der Waals surface area contributed by atoms with Gasteiger partial charge < -0.3 is 15.7 Å². The van der Waals surface area contributed by atoms with Gasteiger partial charge in [0.15, 0.2) is 0 Å². The van der Waals surface area contributed by atoms with E-state index in [-0.39, 0.29) is 24.6 Å². The first-order valence-electron chi connectivity index (χ1n) is 7.38. The molecule has 0 heterocycles. The van der Waals surface area contributed by atoms with Crippen LogP contribution in [0.4, 0.5) is 4.79 Å². The molecule has 2 aliphatic rings. The predicted octanol–water partition coefficient (Wildman–Crippen LogP) is 2.03. The summed E-state index contributed by atoms with van der Waals surface area (Å²) in [5.41, 5.74) is 0. The Morgan fingerprint density at radius 3 is 2.39 bits per heavy atom. The van der Waals surface area contributed by atoms with Crippen LogP contribution in [0.2, 0.25) is 0 Å². The normalized spacial score (nSPS) is 36.3. The monoisotopic (exact) mass is 254 g/mol. The summed E-state index contributed by atoms with van der Waals surface area (Å²) in [6.07, 6.45) is 7.89. The molecule has 4 atom stereocenters. The number of nitrogens with one attached hydrogen (secondary N) is 2. The fraction of sp³-hybridized carbons (Fsp3) is 0.929. The van der Waals surface area contributed by atoms with E-state index in [1.54, 1.807) is 0 Å². The molecule has 0 aliphatic heterocycles. The van der Waals surface area contributed by atoms with Gasteiger partial charge in [-0.05, 0) is 31.6 Å². The minimum absolute atomic E-state index is 0.0425. The third-order valence-corrected chi connectivity index (χ3v) is 4.64. The molecular weight excluding hydrogens is 228 g/mol. The molecule has 0 aromatic heterocycles. The van der Waals surface area contributed by atoms with Crippen LogP contribution in [0.25, 0.3) is 0 Å². The van der Waals surface area contributed by atoms with Crippen molar-refractivity contribution in [3.8, 4) is 0 Å². The summed E-state index contributed by atoms with van der Waals surface area (Å²) in [7, 11) is 0. The molecule has 4 unspecified atom stereocenters. The van der Waals surface area contributed by atoms with Crippen LogP contribution in [0.5, 0.6) is 0 Å². The molecule has 18 heavy (non-hydrogen) atoms. The average Bonchev–Trinajstić information content (AvgIpc) is 2.75. The highest BCUT2D eigenvalue weighted by atomic mass is 16.3. The second kappa shape index (κ2) is 6.41. The van der Waals surface area contributed by atoms with Crippen LogP contribution in [0.15, 0.2) is 0 Å². The van der Waals surface area contributed by atoms with Crippen molar-refractivity contribution in [2.45, 2.75) is 64.0 Å². The zero-order chi connectivity index (χ0) is 13.0. The van der Waals surface area contributed by atoms with Gasteiger partial charge in [0.1, 0.15) is 0 Å². The molecule has 0 spiro atoms. The lowest BCUT2D eigenvalue weighted by Crippen LogP contribution is -2.50. The Morgan fingerprint density at radius 1 is 1.06 bits per heavy atom. The Morgan fingerprint density at radius 2 is 1.72 bits per heavy atom. The van der Waals surface area contributed by atoms with Gasteiger partial charge in [0, 0.05) is 24.6 Å². The van der Waals surface area contributed by atoms with Crippen molar-refractivity contribution in [1.82, 2.24) is 10.6 Å². The van der Waals surface area contributed by atoms with Gasteiger partial charge in [-0.15, -0.1) is 0 Å². The number of carbonyl (C=O) groups excluding carboxylic acids is 1. The maximum atomic E-state index is 12.0. The van der Waals surface area contributed by atoms with Crippen molar-refractivity contribution < 1.29 is 9.90 Å². The number of rotatable bonds is 3. The van der Waals surface area contributed by atoms with Gasteiger partial charge in [-0.3, -0.25) is 0 Å². The second-order valence-corrected chi connectivity index (χ2v) is 5.97. The van der Waals surface area contributed by atoms with E-state index in [0.717, 1.165) is 25.7 Å². The second-order valence-electron chi connectivity index (χ2n) is 5.97. The molecule has 0 aromatic rings. The van der Waals surface area contributed by atoms with E-state index >= 15 is 0 Å². The Balaban J connectivity index is 1.78. The fourth-order valence-corrected chi connectivity index (χ4v) is 3.35. The Kier molecular flexibility index (Phi) is 4.87. The molecule has 4 nitrogen and oxygen atoms in total. The van der Waals surface area contributed by atoms with Gasteiger partial charge in [-0.2, -0.15) is 0 Å². The first-order chi connectivity index (χ1) is 8.70. The third-order valence-electron chi connectivity index (χ3n) is 4.64. The summed E-state index contributed by atoms with van der Waals surface area (Å²) in [6, 6.07) is 0.445. The van der Waals surface area contributed by atoms with Crippen LogP contribution < -0.4 is 10.6 Å². The minimum atomic E-state index is -0.0425. The molecule has 0 saturated heterocycles. The van der Waals surface area contributed by atoms with Crippen molar-refractivity contribution in [2.75, 3.05) is 6.61 Å². The predicted molar refractivity (Wildman–Crippen MR) is 71.3 cm³/mol. The Labute approximate surface area is 110 Å². The fourth-order valence-electron chi connectivity index (χ4n) is 3.35. The molecule has 2 fully saturated rings. The largest absolute Gasteiger partial charge is 0.396 e. The molecule has 2 amide bonds. The highest BCUT2D eigenvalue weighted by molar-refractivity contribution is 5.74. The summed E-state index contributed by atoms with van der Waals surface area (Å²) in [6.45, 7) is 2.39. The average molecular weight is 254 g/mol. The van der Waals surface area contributed by atoms with Gasteiger partial charge in [0.2, 0.25) is 0 Å². The van der Waals surface area contributed by atoms with E-state index in [4.69, 9.17) is 0 Å². The van der Waals surface area contributed by atoms with Crippen LogP contribution in [0.1, 0.15) is 51.9 Å². The van der Waals surface area contributed by atoms with Crippen molar-refractivity contribution in [2.24, 2.45) is 11.8 Å². The number of hydrogen-bond acceptors (Lipinski definition) is 2. The molecule has 3 N–H and O–H groups in total. The highest BCUT2D eigenvalue weighted by Crippen LogP contribution is 2.26. The molecule has 104 valence electrons. The maximum Gasteiger partial charge on any atom is 0.315 e. The van der Waals surface area contributed by atoms with Crippen molar-refractivity contribution in [3.63, 3.8) is 0 Å². The number of hydrogen-bond donors (Lipinski definition) is 3. The zero-order valence-electron chi connectivity index (χ0n) is 11.3. The summed E-state index contributed by atoms with van der Waals surface area (Å²) < 4.78 is 0. The van der Waals surface area contributed by atoms with Crippen molar-refractivity contribution >= 4 is 6.03 Å². The van der Waals surface area contributed by atoms with E-state index in [0.29, 0.717) is 12.0 Å². The van der Waals surface area contributed by atoms with Crippen molar-refractivity contribution in [1.29, 1.82) is 0 Å². The third kappa shape index (κ3) is 3.37. The van der Waals surface area contributed by atoms with Gasteiger partial charge >= 0.3 is 6.03 Å². The lowest BCUT2D eigenvalue weighted by atomic mass is 9.85. The lowest BCUT2D eigenvalue weighted by molar-refractivity contribution is 0.152. The summed E-state index contributed by atoms with van der Waals surface area (Å²) in [5.74, 6) is 0.834. The molecular formula is C14H26N2O2. The smallest absolute Gasteiger partial charge is 0.315 e.